The van der Waals surface area contributed by atoms with Gasteiger partial charge in [-0.1, -0.05) is 0 Å². The van der Waals surface area contributed by atoms with Crippen LogP contribution in [0.4, 0.5) is 8.78 Å². The summed E-state index contributed by atoms with van der Waals surface area (Å²) in [6.07, 6.45) is 0.0190. The Morgan fingerprint density at radius 1 is 1.45 bits per heavy atom. The number of hydrogen-bond donors (Lipinski definition) is 0. The van der Waals surface area contributed by atoms with Crippen LogP contribution in [0.5, 0.6) is 0 Å². The van der Waals surface area contributed by atoms with E-state index in [0.717, 1.165) is 0 Å². The summed E-state index contributed by atoms with van der Waals surface area (Å²) in [5, 5.41) is 0. The molecule has 11 heavy (non-hydrogen) atoms. The quantitative estimate of drug-likeness (QED) is 0.572. The van der Waals surface area contributed by atoms with Crippen molar-refractivity contribution in [3.63, 3.8) is 0 Å². The SMILES string of the molecule is CC(C)N1CC(F)(F)C[C@@H]1C. The lowest BCUT2D eigenvalue weighted by Crippen LogP contribution is -2.34. The van der Waals surface area contributed by atoms with E-state index in [1.165, 1.54) is 0 Å². The van der Waals surface area contributed by atoms with E-state index in [2.05, 4.69) is 0 Å². The summed E-state index contributed by atoms with van der Waals surface area (Å²) in [4.78, 5) is 1.85. The number of alkyl halides is 2. The summed E-state index contributed by atoms with van der Waals surface area (Å²) in [6, 6.07) is 0.267. The Labute approximate surface area is 66.4 Å². The van der Waals surface area contributed by atoms with Crippen LogP contribution < -0.4 is 0 Å². The van der Waals surface area contributed by atoms with Gasteiger partial charge in [0.2, 0.25) is 0 Å². The first-order chi connectivity index (χ1) is 4.92. The van der Waals surface area contributed by atoms with Crippen molar-refractivity contribution in [3.8, 4) is 0 Å². The van der Waals surface area contributed by atoms with Gasteiger partial charge in [0.15, 0.2) is 0 Å². The van der Waals surface area contributed by atoms with E-state index in [0.29, 0.717) is 0 Å². The van der Waals surface area contributed by atoms with Gasteiger partial charge < -0.3 is 0 Å². The van der Waals surface area contributed by atoms with Crippen LogP contribution in [0.25, 0.3) is 0 Å². The average molecular weight is 163 g/mol. The molecule has 1 heterocycles. The summed E-state index contributed by atoms with van der Waals surface area (Å²) >= 11 is 0. The number of rotatable bonds is 1. The molecule has 1 fully saturated rings. The summed E-state index contributed by atoms with van der Waals surface area (Å²) in [5.74, 6) is -2.45. The molecule has 0 aromatic carbocycles. The molecule has 0 radical (unpaired) electrons. The Morgan fingerprint density at radius 2 is 2.00 bits per heavy atom. The van der Waals surface area contributed by atoms with E-state index >= 15 is 0 Å². The first-order valence-electron chi connectivity index (χ1n) is 4.06. The highest BCUT2D eigenvalue weighted by Gasteiger charge is 2.43. The fourth-order valence-corrected chi connectivity index (χ4v) is 1.73. The number of halogens is 2. The predicted molar refractivity (Wildman–Crippen MR) is 40.9 cm³/mol. The molecule has 1 saturated heterocycles. The van der Waals surface area contributed by atoms with Gasteiger partial charge in [-0.15, -0.1) is 0 Å². The highest BCUT2D eigenvalue weighted by Crippen LogP contribution is 2.32. The maximum Gasteiger partial charge on any atom is 0.262 e. The fourth-order valence-electron chi connectivity index (χ4n) is 1.73. The van der Waals surface area contributed by atoms with E-state index in [-0.39, 0.29) is 25.0 Å². The molecule has 0 aromatic rings. The average Bonchev–Trinajstić information content (AvgIpc) is 2.05. The van der Waals surface area contributed by atoms with Crippen molar-refractivity contribution in [1.29, 1.82) is 0 Å². The number of hydrogen-bond acceptors (Lipinski definition) is 1. The first-order valence-corrected chi connectivity index (χ1v) is 4.06. The fraction of sp³-hybridized carbons (Fsp3) is 1.00. The van der Waals surface area contributed by atoms with Crippen LogP contribution in [0, 0.1) is 0 Å². The highest BCUT2D eigenvalue weighted by atomic mass is 19.3. The normalized spacial score (nSPS) is 31.6. The van der Waals surface area contributed by atoms with Crippen molar-refractivity contribution >= 4 is 0 Å². The highest BCUT2D eigenvalue weighted by molar-refractivity contribution is 4.89. The molecule has 0 aliphatic carbocycles. The monoisotopic (exact) mass is 163 g/mol. The van der Waals surface area contributed by atoms with Gasteiger partial charge in [0.1, 0.15) is 0 Å². The summed E-state index contributed by atoms with van der Waals surface area (Å²) in [7, 11) is 0. The molecule has 0 bridgehead atoms. The van der Waals surface area contributed by atoms with Crippen molar-refractivity contribution in [1.82, 2.24) is 4.90 Å². The van der Waals surface area contributed by atoms with Crippen molar-refractivity contribution in [2.45, 2.75) is 45.2 Å². The molecule has 0 spiro atoms. The van der Waals surface area contributed by atoms with Crippen molar-refractivity contribution < 1.29 is 8.78 Å². The third kappa shape index (κ3) is 1.89. The lowest BCUT2D eigenvalue weighted by atomic mass is 10.2. The molecule has 0 amide bonds. The molecule has 1 rings (SSSR count). The van der Waals surface area contributed by atoms with Gasteiger partial charge in [-0.25, -0.2) is 8.78 Å². The zero-order valence-corrected chi connectivity index (χ0v) is 7.27. The van der Waals surface area contributed by atoms with Crippen LogP contribution in [0.2, 0.25) is 0 Å². The molecule has 3 heteroatoms. The Morgan fingerprint density at radius 3 is 2.18 bits per heavy atom. The molecular weight excluding hydrogens is 148 g/mol. The van der Waals surface area contributed by atoms with Crippen LogP contribution in [0.15, 0.2) is 0 Å². The molecule has 0 aromatic heterocycles. The van der Waals surface area contributed by atoms with Crippen LogP contribution >= 0.6 is 0 Å². The molecule has 1 atom stereocenters. The molecule has 0 saturated carbocycles. The molecule has 0 N–H and O–H groups in total. The van der Waals surface area contributed by atoms with E-state index in [1.807, 2.05) is 25.7 Å². The predicted octanol–water partition coefficient (Wildman–Crippen LogP) is 2.12. The van der Waals surface area contributed by atoms with Crippen LogP contribution in [0.3, 0.4) is 0 Å². The second kappa shape index (κ2) is 2.70. The molecule has 1 nitrogen and oxygen atoms in total. The minimum Gasteiger partial charge on any atom is -0.292 e. The molecule has 1 aliphatic rings. The summed E-state index contributed by atoms with van der Waals surface area (Å²) in [5.41, 5.74) is 0. The number of likely N-dealkylation sites (tertiary alicyclic amines) is 1. The Hall–Kier alpha value is -0.180. The third-order valence-corrected chi connectivity index (χ3v) is 2.24. The second-order valence-electron chi connectivity index (χ2n) is 3.68. The molecule has 0 unspecified atom stereocenters. The van der Waals surface area contributed by atoms with Crippen molar-refractivity contribution in [2.24, 2.45) is 0 Å². The van der Waals surface area contributed by atoms with E-state index in [9.17, 15) is 8.78 Å². The van der Waals surface area contributed by atoms with Gasteiger partial charge in [0, 0.05) is 18.5 Å². The zero-order valence-electron chi connectivity index (χ0n) is 7.27. The minimum absolute atomic E-state index is 0.0190. The Balaban J connectivity index is 2.59. The second-order valence-corrected chi connectivity index (χ2v) is 3.68. The van der Waals surface area contributed by atoms with E-state index < -0.39 is 5.92 Å². The van der Waals surface area contributed by atoms with Gasteiger partial charge in [-0.05, 0) is 20.8 Å². The van der Waals surface area contributed by atoms with Gasteiger partial charge in [-0.3, -0.25) is 4.90 Å². The maximum absolute atomic E-state index is 12.8. The van der Waals surface area contributed by atoms with Gasteiger partial charge in [-0.2, -0.15) is 0 Å². The van der Waals surface area contributed by atoms with Gasteiger partial charge in [0.25, 0.3) is 5.92 Å². The van der Waals surface area contributed by atoms with Gasteiger partial charge in [0.05, 0.1) is 6.54 Å². The van der Waals surface area contributed by atoms with Crippen molar-refractivity contribution in [2.75, 3.05) is 6.54 Å². The Bertz CT molecular complexity index is 145. The number of nitrogens with zero attached hydrogens (tertiary/aromatic N) is 1. The summed E-state index contributed by atoms with van der Waals surface area (Å²) in [6.45, 7) is 5.71. The maximum atomic E-state index is 12.8. The third-order valence-electron chi connectivity index (χ3n) is 2.24. The standard InChI is InChI=1S/C8H15F2N/c1-6(2)11-5-8(9,10)4-7(11)3/h6-7H,4-5H2,1-3H3/t7-/m0/s1. The van der Waals surface area contributed by atoms with Gasteiger partial charge >= 0.3 is 0 Å². The topological polar surface area (TPSA) is 3.24 Å². The molecule has 1 aliphatic heterocycles. The summed E-state index contributed by atoms with van der Waals surface area (Å²) < 4.78 is 25.5. The lowest BCUT2D eigenvalue weighted by molar-refractivity contribution is 0.00919. The van der Waals surface area contributed by atoms with E-state index in [1.54, 1.807) is 0 Å². The van der Waals surface area contributed by atoms with E-state index in [4.69, 9.17) is 0 Å². The van der Waals surface area contributed by atoms with Crippen LogP contribution in [-0.4, -0.2) is 29.5 Å². The minimum atomic E-state index is -2.45. The molecule has 66 valence electrons. The zero-order chi connectivity index (χ0) is 8.65. The lowest BCUT2D eigenvalue weighted by Gasteiger charge is -2.24. The van der Waals surface area contributed by atoms with Crippen molar-refractivity contribution in [3.05, 3.63) is 0 Å². The Kier molecular flexibility index (Phi) is 2.19. The first kappa shape index (κ1) is 8.91. The van der Waals surface area contributed by atoms with Crippen LogP contribution in [0.1, 0.15) is 27.2 Å². The smallest absolute Gasteiger partial charge is 0.262 e. The molecular formula is C8H15F2N. The largest absolute Gasteiger partial charge is 0.292 e. The van der Waals surface area contributed by atoms with Crippen LogP contribution in [-0.2, 0) is 0 Å².